The molecule has 1 amide bonds. The maximum Gasteiger partial charge on any atom is 0.262 e. The fourth-order valence-corrected chi connectivity index (χ4v) is 3.08. The molecule has 0 atom stereocenters. The van der Waals surface area contributed by atoms with Gasteiger partial charge in [-0.3, -0.25) is 9.89 Å². The number of benzene rings is 3. The Labute approximate surface area is 158 Å². The molecule has 7 heteroatoms. The van der Waals surface area contributed by atoms with Gasteiger partial charge in [0.2, 0.25) is 0 Å². The van der Waals surface area contributed by atoms with E-state index in [-0.39, 0.29) is 5.82 Å². The van der Waals surface area contributed by atoms with Crippen molar-refractivity contribution >= 4 is 22.6 Å². The quantitative estimate of drug-likeness (QED) is 0.479. The van der Waals surface area contributed by atoms with Gasteiger partial charge in [0.25, 0.3) is 5.91 Å². The SMILES string of the molecule is Cc1ccccc1-c1ccc2c(NC(=O)c3c(F)ccc(F)c3F)n[nH]c2c1. The lowest BCUT2D eigenvalue weighted by atomic mass is 10.00. The largest absolute Gasteiger partial charge is 0.304 e. The van der Waals surface area contributed by atoms with Crippen molar-refractivity contribution in [3.8, 4) is 11.1 Å². The predicted molar refractivity (Wildman–Crippen MR) is 101 cm³/mol. The molecule has 0 saturated heterocycles. The summed E-state index contributed by atoms with van der Waals surface area (Å²) in [6.07, 6.45) is 0. The van der Waals surface area contributed by atoms with Gasteiger partial charge in [-0.1, -0.05) is 30.3 Å². The minimum atomic E-state index is -1.54. The van der Waals surface area contributed by atoms with Gasteiger partial charge in [-0.25, -0.2) is 13.2 Å². The lowest BCUT2D eigenvalue weighted by Gasteiger charge is -2.07. The number of fused-ring (bicyclic) bond motifs is 1. The van der Waals surface area contributed by atoms with Gasteiger partial charge in [0, 0.05) is 5.39 Å². The summed E-state index contributed by atoms with van der Waals surface area (Å²) in [6, 6.07) is 14.7. The zero-order chi connectivity index (χ0) is 19.8. The third-order valence-electron chi connectivity index (χ3n) is 4.52. The highest BCUT2D eigenvalue weighted by atomic mass is 19.2. The zero-order valence-corrected chi connectivity index (χ0v) is 14.7. The summed E-state index contributed by atoms with van der Waals surface area (Å²) in [5.74, 6) is -5.02. The van der Waals surface area contributed by atoms with Gasteiger partial charge >= 0.3 is 0 Å². The second kappa shape index (κ2) is 6.84. The number of H-pyrrole nitrogens is 1. The third kappa shape index (κ3) is 3.00. The molecule has 4 aromatic rings. The van der Waals surface area contributed by atoms with Gasteiger partial charge in [0.05, 0.1) is 5.52 Å². The molecule has 1 heterocycles. The molecule has 28 heavy (non-hydrogen) atoms. The number of carbonyl (C=O) groups excluding carboxylic acids is 1. The Kier molecular flexibility index (Phi) is 4.35. The van der Waals surface area contributed by atoms with Crippen LogP contribution in [0.4, 0.5) is 19.0 Å². The summed E-state index contributed by atoms with van der Waals surface area (Å²) < 4.78 is 41.0. The number of rotatable bonds is 3. The van der Waals surface area contributed by atoms with Gasteiger partial charge < -0.3 is 5.32 Å². The Morgan fingerprint density at radius 3 is 2.54 bits per heavy atom. The van der Waals surface area contributed by atoms with Crippen LogP contribution in [-0.4, -0.2) is 16.1 Å². The number of hydrogen-bond acceptors (Lipinski definition) is 2. The van der Waals surface area contributed by atoms with E-state index in [9.17, 15) is 18.0 Å². The van der Waals surface area contributed by atoms with E-state index < -0.39 is 28.9 Å². The molecule has 2 N–H and O–H groups in total. The van der Waals surface area contributed by atoms with E-state index in [1.54, 1.807) is 6.07 Å². The third-order valence-corrected chi connectivity index (χ3v) is 4.52. The average Bonchev–Trinajstić information content (AvgIpc) is 3.07. The number of aromatic amines is 1. The summed E-state index contributed by atoms with van der Waals surface area (Å²) >= 11 is 0. The van der Waals surface area contributed by atoms with Crippen LogP contribution in [0, 0.1) is 24.4 Å². The van der Waals surface area contributed by atoms with Crippen molar-refractivity contribution in [2.24, 2.45) is 0 Å². The maximum atomic E-state index is 13.8. The van der Waals surface area contributed by atoms with E-state index >= 15 is 0 Å². The second-order valence-corrected chi connectivity index (χ2v) is 6.32. The topological polar surface area (TPSA) is 57.8 Å². The summed E-state index contributed by atoms with van der Waals surface area (Å²) in [5.41, 5.74) is 2.75. The lowest BCUT2D eigenvalue weighted by Crippen LogP contribution is -2.17. The smallest absolute Gasteiger partial charge is 0.262 e. The molecular weight excluding hydrogens is 367 g/mol. The minimum absolute atomic E-state index is 0.0967. The summed E-state index contributed by atoms with van der Waals surface area (Å²) in [4.78, 5) is 12.3. The zero-order valence-electron chi connectivity index (χ0n) is 14.7. The van der Waals surface area contributed by atoms with Crippen LogP contribution in [0.25, 0.3) is 22.0 Å². The van der Waals surface area contributed by atoms with Crippen molar-refractivity contribution in [2.45, 2.75) is 6.92 Å². The number of amides is 1. The van der Waals surface area contributed by atoms with Gasteiger partial charge in [-0.05, 0) is 47.9 Å². The molecule has 0 aliphatic rings. The number of nitrogens with one attached hydrogen (secondary N) is 2. The second-order valence-electron chi connectivity index (χ2n) is 6.32. The first-order chi connectivity index (χ1) is 13.5. The van der Waals surface area contributed by atoms with E-state index in [4.69, 9.17) is 0 Å². The number of halogens is 3. The molecule has 0 spiro atoms. The Bertz CT molecular complexity index is 1220. The molecule has 0 unspecified atom stereocenters. The van der Waals surface area contributed by atoms with Crippen LogP contribution in [0.15, 0.2) is 54.6 Å². The van der Waals surface area contributed by atoms with Crippen LogP contribution in [0.5, 0.6) is 0 Å². The molecular formula is C21H14F3N3O. The molecule has 3 aromatic carbocycles. The van der Waals surface area contributed by atoms with Gasteiger partial charge in [-0.2, -0.15) is 5.10 Å². The van der Waals surface area contributed by atoms with Gasteiger partial charge in [0.15, 0.2) is 17.5 Å². The van der Waals surface area contributed by atoms with E-state index in [1.165, 1.54) is 0 Å². The van der Waals surface area contributed by atoms with Crippen molar-refractivity contribution in [3.05, 3.63) is 83.2 Å². The molecule has 0 aliphatic carbocycles. The van der Waals surface area contributed by atoms with E-state index in [1.807, 2.05) is 43.3 Å². The fraction of sp³-hybridized carbons (Fsp3) is 0.0476. The van der Waals surface area contributed by atoms with Gasteiger partial charge in [-0.15, -0.1) is 0 Å². The summed E-state index contributed by atoms with van der Waals surface area (Å²) in [6.45, 7) is 2.00. The molecule has 0 aliphatic heterocycles. The molecule has 4 nitrogen and oxygen atoms in total. The van der Waals surface area contributed by atoms with E-state index in [0.29, 0.717) is 23.0 Å². The number of aryl methyl sites for hydroxylation is 1. The van der Waals surface area contributed by atoms with Crippen LogP contribution in [0.1, 0.15) is 15.9 Å². The number of carbonyl (C=O) groups is 1. The molecule has 0 radical (unpaired) electrons. The average molecular weight is 381 g/mol. The Morgan fingerprint density at radius 2 is 1.75 bits per heavy atom. The highest BCUT2D eigenvalue weighted by Gasteiger charge is 2.22. The van der Waals surface area contributed by atoms with E-state index in [0.717, 1.165) is 16.7 Å². The number of aromatic nitrogens is 2. The molecule has 4 rings (SSSR count). The summed E-state index contributed by atoms with van der Waals surface area (Å²) in [7, 11) is 0. The number of nitrogens with zero attached hydrogens (tertiary/aromatic N) is 1. The van der Waals surface area contributed by atoms with Crippen molar-refractivity contribution in [1.29, 1.82) is 0 Å². The van der Waals surface area contributed by atoms with Crippen molar-refractivity contribution in [1.82, 2.24) is 10.2 Å². The highest BCUT2D eigenvalue weighted by Crippen LogP contribution is 2.29. The number of anilines is 1. The van der Waals surface area contributed by atoms with Crippen LogP contribution in [0.2, 0.25) is 0 Å². The van der Waals surface area contributed by atoms with E-state index in [2.05, 4.69) is 15.5 Å². The van der Waals surface area contributed by atoms with Crippen molar-refractivity contribution in [2.75, 3.05) is 5.32 Å². The molecule has 140 valence electrons. The Balaban J connectivity index is 1.69. The predicted octanol–water partition coefficient (Wildman–Crippen LogP) is 5.21. The lowest BCUT2D eigenvalue weighted by molar-refractivity contribution is 0.101. The standard InChI is InChI=1S/C21H14F3N3O/c1-11-4-2-3-5-13(11)12-6-7-14-17(10-12)26-27-20(14)25-21(28)18-15(22)8-9-16(23)19(18)24/h2-10H,1H3,(H2,25,26,27,28). The number of hydrogen-bond donors (Lipinski definition) is 2. The first-order valence-electron chi connectivity index (χ1n) is 8.44. The first kappa shape index (κ1) is 17.8. The van der Waals surface area contributed by atoms with Crippen LogP contribution in [0.3, 0.4) is 0 Å². The van der Waals surface area contributed by atoms with Crippen molar-refractivity contribution < 1.29 is 18.0 Å². The molecule has 0 saturated carbocycles. The molecule has 0 fully saturated rings. The Morgan fingerprint density at radius 1 is 1.00 bits per heavy atom. The van der Waals surface area contributed by atoms with Crippen LogP contribution in [-0.2, 0) is 0 Å². The molecule has 0 bridgehead atoms. The highest BCUT2D eigenvalue weighted by molar-refractivity contribution is 6.08. The van der Waals surface area contributed by atoms with Gasteiger partial charge in [0.1, 0.15) is 11.4 Å². The first-order valence-corrected chi connectivity index (χ1v) is 8.44. The molecule has 1 aromatic heterocycles. The fourth-order valence-electron chi connectivity index (χ4n) is 3.08. The minimum Gasteiger partial charge on any atom is -0.304 e. The van der Waals surface area contributed by atoms with Crippen LogP contribution < -0.4 is 5.32 Å². The summed E-state index contributed by atoms with van der Waals surface area (Å²) in [5, 5.41) is 9.68. The monoisotopic (exact) mass is 381 g/mol. The maximum absolute atomic E-state index is 13.8. The van der Waals surface area contributed by atoms with Crippen LogP contribution >= 0.6 is 0 Å². The Hall–Kier alpha value is -3.61. The normalized spacial score (nSPS) is 11.0. The van der Waals surface area contributed by atoms with Crippen molar-refractivity contribution in [3.63, 3.8) is 0 Å².